The molecule has 3 aromatic carbocycles. The Hall–Kier alpha value is -3.37. The number of nitrogens with one attached hydrogen (secondary N) is 2. The minimum atomic E-state index is -6.29. The number of benzene rings is 3. The number of nitrogens with zero attached hydrogens (tertiary/aromatic N) is 1. The Bertz CT molecular complexity index is 1290. The van der Waals surface area contributed by atoms with Gasteiger partial charge in [0.15, 0.2) is 0 Å². The second-order valence-electron chi connectivity index (χ2n) is 8.76. The van der Waals surface area contributed by atoms with Crippen LogP contribution in [0.1, 0.15) is 16.7 Å². The van der Waals surface area contributed by atoms with Crippen LogP contribution < -0.4 is 15.9 Å². The largest absolute Gasteiger partial charge is 0.428 e. The van der Waals surface area contributed by atoms with Crippen LogP contribution in [0.5, 0.6) is 0 Å². The van der Waals surface area contributed by atoms with E-state index in [9.17, 15) is 40.4 Å². The van der Waals surface area contributed by atoms with Crippen molar-refractivity contribution in [3.05, 3.63) is 106 Å². The molecule has 0 saturated heterocycles. The lowest BCUT2D eigenvalue weighted by Gasteiger charge is -2.41. The average Bonchev–Trinajstić information content (AvgIpc) is 2.86. The van der Waals surface area contributed by atoms with Gasteiger partial charge in [-0.3, -0.25) is 4.79 Å². The summed E-state index contributed by atoms with van der Waals surface area (Å²) in [4.78, 5) is 24.8. The fourth-order valence-corrected chi connectivity index (χ4v) is 4.63. The van der Waals surface area contributed by atoms with E-state index in [4.69, 9.17) is 0 Å². The molecule has 5 nitrogen and oxygen atoms in total. The highest BCUT2D eigenvalue weighted by molar-refractivity contribution is 7.27. The van der Waals surface area contributed by atoms with E-state index < -0.39 is 41.2 Å². The highest BCUT2D eigenvalue weighted by atomic mass is 31.0. The second-order valence-corrected chi connectivity index (χ2v) is 9.43. The summed E-state index contributed by atoms with van der Waals surface area (Å²) in [6, 6.07) is 16.0. The maximum atomic E-state index is 14.5. The molecule has 3 rings (SSSR count). The van der Waals surface area contributed by atoms with Crippen molar-refractivity contribution in [2.24, 2.45) is 5.18 Å². The molecule has 0 aliphatic carbocycles. The minimum absolute atomic E-state index is 0.0368. The maximum absolute atomic E-state index is 14.5. The van der Waals surface area contributed by atoms with E-state index in [1.54, 1.807) is 47.8 Å². The van der Waals surface area contributed by atoms with Crippen molar-refractivity contribution in [3.63, 3.8) is 0 Å². The summed E-state index contributed by atoms with van der Waals surface area (Å²) >= 11 is 0. The van der Waals surface area contributed by atoms with Crippen LogP contribution in [0.15, 0.2) is 84.0 Å². The smallest absolute Gasteiger partial charge is 0.341 e. The van der Waals surface area contributed by atoms with E-state index in [0.29, 0.717) is 17.9 Å². The third-order valence-electron chi connectivity index (χ3n) is 6.35. The summed E-state index contributed by atoms with van der Waals surface area (Å²) in [6.45, 7) is 0. The number of likely N-dealkylation sites (N-methyl/N-ethyl adjacent to an activating group) is 1. The first-order valence-corrected chi connectivity index (χ1v) is 11.9. The Morgan fingerprint density at radius 3 is 1.95 bits per heavy atom. The molecule has 1 amide bonds. The first-order chi connectivity index (χ1) is 18.2. The lowest BCUT2D eigenvalue weighted by atomic mass is 9.77. The molecule has 0 heterocycles. The molecule has 0 radical (unpaired) electrons. The summed E-state index contributed by atoms with van der Waals surface area (Å²) < 4.78 is 97.9. The quantitative estimate of drug-likeness (QED) is 0.212. The zero-order chi connectivity index (χ0) is 29.1. The van der Waals surface area contributed by atoms with Gasteiger partial charge in [-0.05, 0) is 46.4 Å². The monoisotopic (exact) mass is 573 g/mol. The minimum Gasteiger partial charge on any atom is -0.341 e. The van der Waals surface area contributed by atoms with Crippen LogP contribution in [0.2, 0.25) is 0 Å². The van der Waals surface area contributed by atoms with Crippen molar-refractivity contribution in [2.45, 2.75) is 35.9 Å². The molecule has 3 atom stereocenters. The van der Waals surface area contributed by atoms with Crippen molar-refractivity contribution < 1.29 is 35.5 Å². The van der Waals surface area contributed by atoms with Crippen molar-refractivity contribution in [1.82, 2.24) is 10.6 Å². The summed E-state index contributed by atoms with van der Waals surface area (Å²) in [7, 11) is 3.09. The van der Waals surface area contributed by atoms with E-state index in [-0.39, 0.29) is 17.5 Å². The molecule has 0 fully saturated rings. The summed E-state index contributed by atoms with van der Waals surface area (Å²) in [5.74, 6) is -2.59. The van der Waals surface area contributed by atoms with E-state index in [1.165, 1.54) is 29.4 Å². The van der Waals surface area contributed by atoms with E-state index in [2.05, 4.69) is 14.6 Å². The van der Waals surface area contributed by atoms with Crippen LogP contribution in [0.25, 0.3) is 0 Å². The summed E-state index contributed by atoms with van der Waals surface area (Å²) in [6.07, 6.45) is -12.8. The first-order valence-electron chi connectivity index (χ1n) is 11.3. The maximum Gasteiger partial charge on any atom is 0.428 e. The Morgan fingerprint density at radius 1 is 0.872 bits per heavy atom. The van der Waals surface area contributed by atoms with Crippen molar-refractivity contribution in [1.29, 1.82) is 0 Å². The van der Waals surface area contributed by atoms with Gasteiger partial charge in [0.05, 0.1) is 5.54 Å². The van der Waals surface area contributed by atoms with Crippen LogP contribution >= 0.6 is 9.24 Å². The van der Waals surface area contributed by atoms with Crippen LogP contribution in [0, 0.1) is 10.7 Å². The fraction of sp³-hybridized carbons (Fsp3) is 0.269. The SMILES string of the molecule is CN[C@H](C(=O)N[C@](Cc1ccccc1)(c1ccc(P)cc1)c1cccc(F)c1)C(N=O)(C(F)(F)F)C(F)(F)F. The third-order valence-corrected chi connectivity index (χ3v) is 6.73. The van der Waals surface area contributed by atoms with Gasteiger partial charge in [-0.15, -0.1) is 14.1 Å². The van der Waals surface area contributed by atoms with Gasteiger partial charge in [0, 0.05) is 6.42 Å². The van der Waals surface area contributed by atoms with Gasteiger partial charge in [0.2, 0.25) is 5.91 Å². The predicted octanol–water partition coefficient (Wildman–Crippen LogP) is 5.15. The molecular weight excluding hydrogens is 550 g/mol. The number of carbonyl (C=O) groups is 1. The highest BCUT2D eigenvalue weighted by Gasteiger charge is 2.78. The molecule has 208 valence electrons. The van der Waals surface area contributed by atoms with Crippen LogP contribution in [-0.4, -0.2) is 36.9 Å². The highest BCUT2D eigenvalue weighted by Crippen LogP contribution is 2.48. The lowest BCUT2D eigenvalue weighted by Crippen LogP contribution is -2.71. The van der Waals surface area contributed by atoms with Crippen molar-refractivity contribution in [2.75, 3.05) is 7.05 Å². The van der Waals surface area contributed by atoms with Crippen LogP contribution in [0.4, 0.5) is 30.7 Å². The zero-order valence-electron chi connectivity index (χ0n) is 20.3. The van der Waals surface area contributed by atoms with E-state index >= 15 is 0 Å². The molecule has 13 heteroatoms. The van der Waals surface area contributed by atoms with E-state index in [1.807, 2.05) is 0 Å². The molecular formula is C26H23F7N3O2P. The Balaban J connectivity index is 2.30. The molecule has 0 aliphatic rings. The Kier molecular flexibility index (Phi) is 8.82. The fourth-order valence-electron chi connectivity index (χ4n) is 4.44. The van der Waals surface area contributed by atoms with Gasteiger partial charge in [0.1, 0.15) is 11.9 Å². The van der Waals surface area contributed by atoms with Crippen LogP contribution in [0.3, 0.4) is 0 Å². The van der Waals surface area contributed by atoms with Crippen molar-refractivity contribution in [3.8, 4) is 0 Å². The average molecular weight is 573 g/mol. The molecule has 0 bridgehead atoms. The standard InChI is InChI=1S/C26H23F7N3O2P/c1-34-21(24(36-38,25(28,29)30)26(31,32)33)22(37)35-23(15-16-6-3-2-4-7-16,17-10-12-20(39)13-11-17)18-8-5-9-19(27)14-18/h2-14,21,34H,15,39H2,1H3,(H,35,37)/t21-,23-/m1/s1. The summed E-state index contributed by atoms with van der Waals surface area (Å²) in [5, 5.41) is 6.15. The van der Waals surface area contributed by atoms with E-state index in [0.717, 1.165) is 12.1 Å². The number of alkyl halides is 6. The molecule has 2 N–H and O–H groups in total. The van der Waals surface area contributed by atoms with Gasteiger partial charge < -0.3 is 10.6 Å². The number of rotatable bonds is 9. The lowest BCUT2D eigenvalue weighted by molar-refractivity contribution is -0.301. The van der Waals surface area contributed by atoms with Gasteiger partial charge in [0.25, 0.3) is 0 Å². The number of hydrogen-bond donors (Lipinski definition) is 2. The number of hydrogen-bond acceptors (Lipinski definition) is 4. The van der Waals surface area contributed by atoms with Gasteiger partial charge in [-0.2, -0.15) is 26.3 Å². The van der Waals surface area contributed by atoms with Gasteiger partial charge in [-0.25, -0.2) is 4.39 Å². The Labute approximate surface area is 221 Å². The zero-order valence-corrected chi connectivity index (χ0v) is 21.4. The molecule has 0 saturated carbocycles. The number of nitroso groups, excluding NO2 is 1. The molecule has 1 unspecified atom stereocenters. The van der Waals surface area contributed by atoms with Crippen molar-refractivity contribution >= 4 is 20.5 Å². The number of halogens is 7. The third kappa shape index (κ3) is 5.81. The predicted molar refractivity (Wildman–Crippen MR) is 135 cm³/mol. The van der Waals surface area contributed by atoms with Gasteiger partial charge in [-0.1, -0.05) is 66.7 Å². The first kappa shape index (κ1) is 30.2. The van der Waals surface area contributed by atoms with Crippen LogP contribution in [-0.2, 0) is 16.8 Å². The van der Waals surface area contributed by atoms with Gasteiger partial charge >= 0.3 is 17.9 Å². The molecule has 3 aromatic rings. The second kappa shape index (κ2) is 11.4. The summed E-state index contributed by atoms with van der Waals surface area (Å²) in [5.41, 5.74) is -6.41. The topological polar surface area (TPSA) is 70.6 Å². The number of amides is 1. The number of carbonyl (C=O) groups excluding carboxylic acids is 1. The normalized spacial score (nSPS) is 14.8. The molecule has 0 spiro atoms. The Morgan fingerprint density at radius 2 is 1.46 bits per heavy atom. The molecule has 0 aromatic heterocycles. The molecule has 0 aliphatic heterocycles. The molecule has 39 heavy (non-hydrogen) atoms.